The molecule has 0 saturated carbocycles. The number of hydrogen-bond acceptors (Lipinski definition) is 15. The van der Waals surface area contributed by atoms with Gasteiger partial charge in [-0.3, -0.25) is 29.0 Å². The Morgan fingerprint density at radius 2 is 1.71 bits per heavy atom. The van der Waals surface area contributed by atoms with Gasteiger partial charge in [0, 0.05) is 51.4 Å². The van der Waals surface area contributed by atoms with Crippen molar-refractivity contribution in [2.75, 3.05) is 34.9 Å². The average molecular weight is 711 g/mol. The molecule has 1 aliphatic heterocycles. The van der Waals surface area contributed by atoms with Gasteiger partial charge < -0.3 is 49.7 Å². The number of aliphatic hydroxyl groups excluding tert-OH is 3. The molecule has 4 aliphatic rings. The quantitative estimate of drug-likeness (QED) is 0.232. The molecule has 0 bridgehead atoms. The summed E-state index contributed by atoms with van der Waals surface area (Å²) in [6.45, 7) is 2.46. The zero-order valence-corrected chi connectivity index (χ0v) is 28.6. The highest BCUT2D eigenvalue weighted by molar-refractivity contribution is 6.53. The lowest BCUT2D eigenvalue weighted by atomic mass is 9.56. The maximum atomic E-state index is 14.7. The maximum absolute atomic E-state index is 14.7. The van der Waals surface area contributed by atoms with E-state index in [0.29, 0.717) is 0 Å². The number of methoxy groups -OCH3 is 2. The van der Waals surface area contributed by atoms with Crippen molar-refractivity contribution < 1.29 is 68.8 Å². The van der Waals surface area contributed by atoms with Crippen LogP contribution in [0.5, 0.6) is 11.5 Å². The molecule has 16 nitrogen and oxygen atoms in total. The number of aryl methyl sites for hydroxylation is 1. The van der Waals surface area contributed by atoms with Crippen LogP contribution in [0.25, 0.3) is 0 Å². The molecule has 1 amide bonds. The van der Waals surface area contributed by atoms with Crippen LogP contribution in [0, 0.1) is 12.8 Å². The van der Waals surface area contributed by atoms with E-state index in [-0.39, 0.29) is 16.7 Å². The Bertz CT molecular complexity index is 1950. The molecule has 1 heterocycles. The van der Waals surface area contributed by atoms with Gasteiger partial charge >= 0.3 is 0 Å². The standard InChI is InChI=1S/C35H38N2O14/c1-12-7-14-8-20(40)35(50-6)31(46)23-16(30(45)34(35,48)24(14)28(44)21(12)33(47)37(3)4)9-15-22(27(23)43)19(39)10-18(25(15)41)36-32-17(11-38)26(42)29(49-5)13(2)51-32/h7,9,13,17,20,26,29,32,38,40,42-44,48H,8,10-11H2,1-6H3/t13-,17+,20+,26-,29-,32?,34-,35+/m0/s1. The van der Waals surface area contributed by atoms with Crippen LogP contribution in [0.15, 0.2) is 17.1 Å². The molecular formula is C35H38N2O14. The molecule has 8 atom stereocenters. The van der Waals surface area contributed by atoms with Crippen LogP contribution >= 0.6 is 0 Å². The van der Waals surface area contributed by atoms with Crippen molar-refractivity contribution in [3.8, 4) is 11.5 Å². The zero-order valence-electron chi connectivity index (χ0n) is 28.6. The molecule has 0 radical (unpaired) electrons. The fraction of sp³-hybridized carbons (Fsp3) is 0.486. The van der Waals surface area contributed by atoms with Gasteiger partial charge in [-0.05, 0) is 31.0 Å². The number of aromatic hydroxyl groups is 2. The van der Waals surface area contributed by atoms with Crippen LogP contribution in [-0.4, -0.2) is 141 Å². The molecule has 6 N–H and O–H groups in total. The van der Waals surface area contributed by atoms with Gasteiger partial charge in [-0.2, -0.15) is 0 Å². The van der Waals surface area contributed by atoms with Crippen molar-refractivity contribution >= 4 is 34.8 Å². The minimum absolute atomic E-state index is 0.0217. The smallest absolute Gasteiger partial charge is 0.257 e. The summed E-state index contributed by atoms with van der Waals surface area (Å²) in [7, 11) is 5.10. The van der Waals surface area contributed by atoms with Gasteiger partial charge in [0.05, 0.1) is 59.7 Å². The van der Waals surface area contributed by atoms with Crippen LogP contribution < -0.4 is 0 Å². The summed E-state index contributed by atoms with van der Waals surface area (Å²) >= 11 is 0. The molecule has 1 unspecified atom stereocenters. The van der Waals surface area contributed by atoms with Crippen LogP contribution in [0.1, 0.15) is 81.8 Å². The third-order valence-electron chi connectivity index (χ3n) is 10.6. The van der Waals surface area contributed by atoms with Gasteiger partial charge in [0.1, 0.15) is 17.6 Å². The first-order valence-corrected chi connectivity index (χ1v) is 16.1. The summed E-state index contributed by atoms with van der Waals surface area (Å²) < 4.78 is 16.6. The number of amides is 1. The Hall–Kier alpha value is -4.42. The summed E-state index contributed by atoms with van der Waals surface area (Å²) in [6.07, 6.45) is -7.22. The van der Waals surface area contributed by atoms with E-state index in [9.17, 15) is 54.6 Å². The molecule has 51 heavy (non-hydrogen) atoms. The van der Waals surface area contributed by atoms with Crippen LogP contribution in [0.4, 0.5) is 0 Å². The molecule has 1 fully saturated rings. The lowest BCUT2D eigenvalue weighted by Crippen LogP contribution is -2.73. The van der Waals surface area contributed by atoms with E-state index in [1.54, 1.807) is 6.92 Å². The molecule has 2 aromatic carbocycles. The first-order valence-electron chi connectivity index (χ1n) is 16.1. The molecule has 6 rings (SSSR count). The topological polar surface area (TPSA) is 250 Å². The summed E-state index contributed by atoms with van der Waals surface area (Å²) in [6, 6.07) is 2.23. The van der Waals surface area contributed by atoms with Gasteiger partial charge in [0.25, 0.3) is 5.91 Å². The summed E-state index contributed by atoms with van der Waals surface area (Å²) in [5.74, 6) is -8.23. The Morgan fingerprint density at radius 1 is 1.04 bits per heavy atom. The van der Waals surface area contributed by atoms with Crippen molar-refractivity contribution in [2.24, 2.45) is 10.9 Å². The number of benzene rings is 2. The first kappa shape index (κ1) is 36.4. The second kappa shape index (κ2) is 12.4. The third kappa shape index (κ3) is 4.71. The van der Waals surface area contributed by atoms with E-state index in [1.807, 2.05) is 0 Å². The predicted octanol–water partition coefficient (Wildman–Crippen LogP) is -0.384. The Kier molecular flexibility index (Phi) is 8.82. The number of rotatable bonds is 5. The third-order valence-corrected chi connectivity index (χ3v) is 10.6. The predicted molar refractivity (Wildman–Crippen MR) is 173 cm³/mol. The molecule has 0 spiro atoms. The number of ether oxygens (including phenoxy) is 3. The van der Waals surface area contributed by atoms with Crippen molar-refractivity contribution in [1.82, 2.24) is 4.90 Å². The maximum Gasteiger partial charge on any atom is 0.257 e. The minimum Gasteiger partial charge on any atom is -0.507 e. The second-order valence-electron chi connectivity index (χ2n) is 13.5. The number of aliphatic hydroxyl groups is 4. The first-order chi connectivity index (χ1) is 23.9. The average Bonchev–Trinajstić information content (AvgIpc) is 3.05. The van der Waals surface area contributed by atoms with E-state index in [0.717, 1.165) is 18.1 Å². The van der Waals surface area contributed by atoms with Crippen molar-refractivity contribution in [3.05, 3.63) is 56.6 Å². The van der Waals surface area contributed by atoms with E-state index in [4.69, 9.17) is 14.2 Å². The number of ketones is 4. The number of nitrogens with zero attached hydrogens (tertiary/aromatic N) is 2. The molecular weight excluding hydrogens is 672 g/mol. The molecule has 3 aliphatic carbocycles. The number of carbonyl (C=O) groups excluding carboxylic acids is 5. The number of aliphatic imine (C=N–C) groups is 1. The van der Waals surface area contributed by atoms with Crippen molar-refractivity contribution in [3.63, 3.8) is 0 Å². The second-order valence-corrected chi connectivity index (χ2v) is 13.5. The Labute approximate surface area is 290 Å². The molecule has 1 saturated heterocycles. The van der Waals surface area contributed by atoms with E-state index in [2.05, 4.69) is 4.99 Å². The normalized spacial score (nSPS) is 32.3. The van der Waals surface area contributed by atoms with Gasteiger partial charge in [0.2, 0.25) is 17.3 Å². The van der Waals surface area contributed by atoms with E-state index < -0.39 is 141 Å². The number of phenolic OH excluding ortho intramolecular Hbond substituents is 2. The highest BCUT2D eigenvalue weighted by Crippen LogP contribution is 2.56. The highest BCUT2D eigenvalue weighted by atomic mass is 16.6. The number of fused-ring (bicyclic) bond motifs is 5. The highest BCUT2D eigenvalue weighted by Gasteiger charge is 2.72. The van der Waals surface area contributed by atoms with Crippen LogP contribution in [0.2, 0.25) is 0 Å². The lowest BCUT2D eigenvalue weighted by molar-refractivity contribution is -0.206. The number of phenols is 2. The van der Waals surface area contributed by atoms with Gasteiger partial charge in [-0.25, -0.2) is 0 Å². The number of hydrogen-bond donors (Lipinski definition) is 6. The van der Waals surface area contributed by atoms with Crippen molar-refractivity contribution in [2.45, 2.75) is 68.5 Å². The SMILES string of the molecule is CO[C@@H]1[C@@H](O)[C@@H](CO)C(N=C2CC(=O)c3c(cc4c(c3O)C(=O)[C@]3(OC)[C@H](O)Cc5cc(C)c(C(=O)N(C)C)c(O)c5[C@]3(O)C4=O)C2=O)O[C@H]1C. The fourth-order valence-corrected chi connectivity index (χ4v) is 8.08. The van der Waals surface area contributed by atoms with Gasteiger partial charge in [0.15, 0.2) is 23.2 Å². The summed E-state index contributed by atoms with van der Waals surface area (Å²) in [4.78, 5) is 75.2. The van der Waals surface area contributed by atoms with E-state index in [1.165, 1.54) is 34.2 Å². The zero-order chi connectivity index (χ0) is 37.6. The molecule has 2 aromatic rings. The van der Waals surface area contributed by atoms with Gasteiger partial charge in [-0.1, -0.05) is 6.07 Å². The van der Waals surface area contributed by atoms with Crippen molar-refractivity contribution in [1.29, 1.82) is 0 Å². The minimum atomic E-state index is -3.22. The number of Topliss-reactive ketones (excluding diaryl/α,β-unsaturated/α-hetero) is 4. The van der Waals surface area contributed by atoms with Crippen LogP contribution in [0.3, 0.4) is 0 Å². The molecule has 0 aromatic heterocycles. The van der Waals surface area contributed by atoms with Gasteiger partial charge in [-0.15, -0.1) is 0 Å². The number of carbonyl (C=O) groups is 5. The monoisotopic (exact) mass is 710 g/mol. The molecule has 16 heteroatoms. The van der Waals surface area contributed by atoms with Crippen LogP contribution in [-0.2, 0) is 26.2 Å². The Balaban J connectivity index is 1.55. The summed E-state index contributed by atoms with van der Waals surface area (Å²) in [5, 5.41) is 67.9. The Morgan fingerprint density at radius 3 is 2.29 bits per heavy atom. The summed E-state index contributed by atoms with van der Waals surface area (Å²) in [5.41, 5.74) is -9.81. The van der Waals surface area contributed by atoms with E-state index >= 15 is 0 Å². The lowest BCUT2D eigenvalue weighted by Gasteiger charge is -2.53. The largest absolute Gasteiger partial charge is 0.507 e. The molecule has 272 valence electrons. The fourth-order valence-electron chi connectivity index (χ4n) is 8.08.